The van der Waals surface area contributed by atoms with Crippen LogP contribution in [0.1, 0.15) is 40.7 Å². The lowest BCUT2D eigenvalue weighted by Crippen LogP contribution is -2.14. The number of esters is 2. The fourth-order valence-electron chi connectivity index (χ4n) is 2.55. The molecule has 0 bridgehead atoms. The molecule has 1 amide bonds. The minimum Gasteiger partial charge on any atom is -0.462 e. The normalized spacial score (nSPS) is 10.4. The SMILES string of the molecule is CCOC(=O)c1ccc(OC(=O)CCc2c(C)nc(SCC(N)=O)nc2C)cc1. The van der Waals surface area contributed by atoms with Crippen LogP contribution in [0.15, 0.2) is 29.4 Å². The third kappa shape index (κ3) is 6.86. The van der Waals surface area contributed by atoms with E-state index in [2.05, 4.69) is 9.97 Å². The van der Waals surface area contributed by atoms with Crippen LogP contribution in [0.25, 0.3) is 0 Å². The number of nitrogens with two attached hydrogens (primary N) is 1. The van der Waals surface area contributed by atoms with Gasteiger partial charge in [-0.1, -0.05) is 11.8 Å². The highest BCUT2D eigenvalue weighted by Gasteiger charge is 2.13. The maximum atomic E-state index is 12.2. The van der Waals surface area contributed by atoms with E-state index in [4.69, 9.17) is 15.2 Å². The molecule has 0 saturated carbocycles. The van der Waals surface area contributed by atoms with Crippen LogP contribution in [0.3, 0.4) is 0 Å². The first-order chi connectivity index (χ1) is 13.8. The third-order valence-corrected chi connectivity index (χ3v) is 4.79. The van der Waals surface area contributed by atoms with Crippen LogP contribution in [0.2, 0.25) is 0 Å². The number of rotatable bonds is 9. The van der Waals surface area contributed by atoms with Crippen molar-refractivity contribution in [2.45, 2.75) is 38.8 Å². The van der Waals surface area contributed by atoms with Crippen molar-refractivity contribution in [3.8, 4) is 5.75 Å². The van der Waals surface area contributed by atoms with Gasteiger partial charge in [0.15, 0.2) is 5.16 Å². The average Bonchev–Trinajstić information content (AvgIpc) is 2.66. The van der Waals surface area contributed by atoms with E-state index in [-0.39, 0.29) is 12.2 Å². The van der Waals surface area contributed by atoms with Gasteiger partial charge in [0.05, 0.1) is 24.3 Å². The van der Waals surface area contributed by atoms with Crippen LogP contribution < -0.4 is 10.5 Å². The maximum Gasteiger partial charge on any atom is 0.338 e. The number of carbonyl (C=O) groups excluding carboxylic acids is 3. The number of benzene rings is 1. The van der Waals surface area contributed by atoms with Gasteiger partial charge >= 0.3 is 11.9 Å². The number of aryl methyl sites for hydroxylation is 2. The Kier molecular flexibility index (Phi) is 8.14. The zero-order chi connectivity index (χ0) is 21.4. The molecule has 0 fully saturated rings. The third-order valence-electron chi connectivity index (χ3n) is 3.92. The standard InChI is InChI=1S/C20H23N3O5S/c1-4-27-19(26)14-5-7-15(8-6-14)28-18(25)10-9-16-12(2)22-20(23-13(16)3)29-11-17(21)24/h5-8H,4,9-11H2,1-3H3,(H2,21,24). The molecule has 0 spiro atoms. The summed E-state index contributed by atoms with van der Waals surface area (Å²) in [5.41, 5.74) is 7.89. The molecular formula is C20H23N3O5S. The fourth-order valence-corrected chi connectivity index (χ4v) is 3.23. The predicted octanol–water partition coefficient (Wildman–Crippen LogP) is 2.39. The first-order valence-corrected chi connectivity index (χ1v) is 10.0. The Balaban J connectivity index is 1.93. The molecule has 0 radical (unpaired) electrons. The van der Waals surface area contributed by atoms with E-state index in [1.807, 2.05) is 13.8 Å². The topological polar surface area (TPSA) is 121 Å². The molecule has 0 saturated heterocycles. The lowest BCUT2D eigenvalue weighted by atomic mass is 10.1. The zero-order valence-corrected chi connectivity index (χ0v) is 17.4. The van der Waals surface area contributed by atoms with Crippen molar-refractivity contribution in [2.75, 3.05) is 12.4 Å². The van der Waals surface area contributed by atoms with E-state index in [1.165, 1.54) is 11.8 Å². The molecule has 2 N–H and O–H groups in total. The molecule has 0 aliphatic carbocycles. The molecule has 2 aromatic rings. The van der Waals surface area contributed by atoms with Gasteiger partial charge in [-0.3, -0.25) is 9.59 Å². The molecule has 1 aromatic heterocycles. The van der Waals surface area contributed by atoms with Crippen LogP contribution in [-0.2, 0) is 20.7 Å². The molecule has 154 valence electrons. The molecule has 0 aliphatic rings. The van der Waals surface area contributed by atoms with Crippen molar-refractivity contribution in [3.05, 3.63) is 46.8 Å². The number of carbonyl (C=O) groups is 3. The monoisotopic (exact) mass is 417 g/mol. The second kappa shape index (κ2) is 10.6. The summed E-state index contributed by atoms with van der Waals surface area (Å²) < 4.78 is 10.2. The minimum absolute atomic E-state index is 0.111. The van der Waals surface area contributed by atoms with Crippen molar-refractivity contribution in [1.82, 2.24) is 9.97 Å². The summed E-state index contributed by atoms with van der Waals surface area (Å²) in [6.07, 6.45) is 0.580. The van der Waals surface area contributed by atoms with Crippen LogP contribution in [0.5, 0.6) is 5.75 Å². The van der Waals surface area contributed by atoms with Gasteiger partial charge in [-0.05, 0) is 57.0 Å². The Morgan fingerprint density at radius 2 is 1.69 bits per heavy atom. The van der Waals surface area contributed by atoms with Crippen molar-refractivity contribution in [3.63, 3.8) is 0 Å². The lowest BCUT2D eigenvalue weighted by molar-refractivity contribution is -0.134. The first kappa shape index (κ1) is 22.4. The van der Waals surface area contributed by atoms with E-state index < -0.39 is 17.8 Å². The molecule has 2 rings (SSSR count). The fraction of sp³-hybridized carbons (Fsp3) is 0.350. The van der Waals surface area contributed by atoms with Crippen LogP contribution in [0, 0.1) is 13.8 Å². The number of primary amides is 1. The van der Waals surface area contributed by atoms with E-state index >= 15 is 0 Å². The van der Waals surface area contributed by atoms with Crippen LogP contribution in [-0.4, -0.2) is 40.2 Å². The molecule has 1 aromatic carbocycles. The van der Waals surface area contributed by atoms with Gasteiger partial charge in [0, 0.05) is 11.4 Å². The molecule has 0 aliphatic heterocycles. The summed E-state index contributed by atoms with van der Waals surface area (Å²) in [7, 11) is 0. The Bertz CT molecular complexity index is 876. The minimum atomic E-state index is -0.434. The zero-order valence-electron chi connectivity index (χ0n) is 16.6. The summed E-state index contributed by atoms with van der Waals surface area (Å²) >= 11 is 1.18. The molecule has 9 heteroatoms. The highest BCUT2D eigenvalue weighted by atomic mass is 32.2. The second-order valence-corrected chi connectivity index (χ2v) is 7.07. The van der Waals surface area contributed by atoms with Gasteiger partial charge in [-0.15, -0.1) is 0 Å². The van der Waals surface area contributed by atoms with Gasteiger partial charge in [-0.2, -0.15) is 0 Å². The molecule has 0 unspecified atom stereocenters. The molecule has 8 nitrogen and oxygen atoms in total. The smallest absolute Gasteiger partial charge is 0.338 e. The van der Waals surface area contributed by atoms with Crippen molar-refractivity contribution in [1.29, 1.82) is 0 Å². The molecule has 0 atom stereocenters. The van der Waals surface area contributed by atoms with E-state index in [1.54, 1.807) is 31.2 Å². The molecule has 29 heavy (non-hydrogen) atoms. The lowest BCUT2D eigenvalue weighted by Gasteiger charge is -2.10. The summed E-state index contributed by atoms with van der Waals surface area (Å²) in [6, 6.07) is 6.19. The average molecular weight is 417 g/mol. The summed E-state index contributed by atoms with van der Waals surface area (Å²) in [5, 5.41) is 0.479. The number of hydrogen-bond acceptors (Lipinski definition) is 8. The highest BCUT2D eigenvalue weighted by Crippen LogP contribution is 2.19. The van der Waals surface area contributed by atoms with E-state index in [0.717, 1.165) is 17.0 Å². The number of ether oxygens (including phenoxy) is 2. The number of aromatic nitrogens is 2. The number of hydrogen-bond donors (Lipinski definition) is 1. The first-order valence-electron chi connectivity index (χ1n) is 9.03. The summed E-state index contributed by atoms with van der Waals surface area (Å²) in [6.45, 7) is 5.69. The highest BCUT2D eigenvalue weighted by molar-refractivity contribution is 7.99. The second-order valence-electron chi connectivity index (χ2n) is 6.13. The Labute approximate surface area is 173 Å². The van der Waals surface area contributed by atoms with E-state index in [9.17, 15) is 14.4 Å². The number of amides is 1. The molecular weight excluding hydrogens is 394 g/mol. The van der Waals surface area contributed by atoms with Gasteiger partial charge < -0.3 is 15.2 Å². The summed E-state index contributed by atoms with van der Waals surface area (Å²) in [5.74, 6) is -0.796. The number of thioether (sulfide) groups is 1. The number of nitrogens with zero attached hydrogens (tertiary/aromatic N) is 2. The van der Waals surface area contributed by atoms with Crippen LogP contribution >= 0.6 is 11.8 Å². The van der Waals surface area contributed by atoms with Crippen LogP contribution in [0.4, 0.5) is 0 Å². The van der Waals surface area contributed by atoms with Gasteiger partial charge in [0.1, 0.15) is 5.75 Å². The van der Waals surface area contributed by atoms with Crippen molar-refractivity contribution in [2.24, 2.45) is 5.73 Å². The Hall–Kier alpha value is -2.94. The Morgan fingerprint density at radius 3 is 2.24 bits per heavy atom. The van der Waals surface area contributed by atoms with Crippen molar-refractivity contribution >= 4 is 29.6 Å². The molecule has 1 heterocycles. The van der Waals surface area contributed by atoms with Crippen molar-refractivity contribution < 1.29 is 23.9 Å². The maximum absolute atomic E-state index is 12.2. The Morgan fingerprint density at radius 1 is 1.07 bits per heavy atom. The van der Waals surface area contributed by atoms with Gasteiger partial charge in [0.2, 0.25) is 5.91 Å². The van der Waals surface area contributed by atoms with Gasteiger partial charge in [0.25, 0.3) is 0 Å². The van der Waals surface area contributed by atoms with E-state index in [0.29, 0.717) is 29.5 Å². The predicted molar refractivity (Wildman–Crippen MR) is 108 cm³/mol. The summed E-state index contributed by atoms with van der Waals surface area (Å²) in [4.78, 5) is 43.4. The quantitative estimate of drug-likeness (QED) is 0.286. The largest absolute Gasteiger partial charge is 0.462 e. The van der Waals surface area contributed by atoms with Gasteiger partial charge in [-0.25, -0.2) is 14.8 Å².